The zero-order valence-electron chi connectivity index (χ0n) is 28.6. The molecule has 6 rings (SSSR count). The number of aromatic amines is 1. The Bertz CT molecular complexity index is 1890. The molecule has 1 atom stereocenters. The van der Waals surface area contributed by atoms with E-state index in [0.29, 0.717) is 36.8 Å². The smallest absolute Gasteiger partial charge is 0.229 e. The summed E-state index contributed by atoms with van der Waals surface area (Å²) < 4.78 is 1.77. The lowest BCUT2D eigenvalue weighted by atomic mass is 9.73. The van der Waals surface area contributed by atoms with Gasteiger partial charge in [0.2, 0.25) is 5.91 Å². The van der Waals surface area contributed by atoms with Crippen molar-refractivity contribution < 1.29 is 4.79 Å². The van der Waals surface area contributed by atoms with Gasteiger partial charge in [-0.05, 0) is 55.2 Å². The molecular formula is C38H44N10O. The molecule has 1 amide bonds. The zero-order chi connectivity index (χ0) is 34.4. The standard InChI is InChI=1S/C38H44N10O/c1-38(2,3)33-17-31(46-47-33)23-42-36-29(18-39)21-41-34(45-36)16-25-10-12-27(13-11-25)35(37(49)43-19-26-8-6-5-7-9-26)32-15-14-28(20-40-32)30-22-44-48(4)24-30/h5-9,14-15,17,20-22,24-25,27,35H,10-13,16,19,23H2,1-4H3,(H,43,49)(H,46,47)(H,41,42,45)/t25-,27-,35?. The van der Waals surface area contributed by atoms with Crippen LogP contribution in [0.15, 0.2) is 73.3 Å². The first-order chi connectivity index (χ1) is 23.7. The van der Waals surface area contributed by atoms with Crippen LogP contribution in [0.2, 0.25) is 0 Å². The monoisotopic (exact) mass is 656 g/mol. The fraction of sp³-hybridized carbons (Fsp3) is 0.395. The maximum Gasteiger partial charge on any atom is 0.229 e. The SMILES string of the molecule is Cn1cc(-c2ccc(C(C(=O)NCc3ccccc3)[C@H]3CC[C@H](Cc4ncc(C#N)c(NCc5cc(C(C)(C)C)n[nH]5)n4)CC3)nc2)cn1. The first kappa shape index (κ1) is 33.5. The van der Waals surface area contributed by atoms with Gasteiger partial charge in [-0.25, -0.2) is 9.97 Å². The number of anilines is 1. The fourth-order valence-electron chi connectivity index (χ4n) is 6.55. The van der Waals surface area contributed by atoms with E-state index >= 15 is 0 Å². The molecule has 0 saturated heterocycles. The van der Waals surface area contributed by atoms with E-state index in [2.05, 4.69) is 57.8 Å². The Labute approximate surface area is 287 Å². The van der Waals surface area contributed by atoms with Crippen molar-refractivity contribution in [2.45, 2.75) is 77.3 Å². The highest BCUT2D eigenvalue weighted by Gasteiger charge is 2.34. The van der Waals surface area contributed by atoms with E-state index in [4.69, 9.17) is 9.97 Å². The van der Waals surface area contributed by atoms with Gasteiger partial charge in [0, 0.05) is 48.9 Å². The number of nitriles is 1. The van der Waals surface area contributed by atoms with Crippen molar-refractivity contribution in [2.24, 2.45) is 18.9 Å². The van der Waals surface area contributed by atoms with Gasteiger partial charge in [0.15, 0.2) is 0 Å². The zero-order valence-corrected chi connectivity index (χ0v) is 28.6. The molecule has 4 aromatic heterocycles. The van der Waals surface area contributed by atoms with Crippen LogP contribution in [0, 0.1) is 23.2 Å². The molecule has 3 N–H and O–H groups in total. The summed E-state index contributed by atoms with van der Waals surface area (Å²) in [5.74, 6) is 1.45. The summed E-state index contributed by atoms with van der Waals surface area (Å²) in [5.41, 5.74) is 6.09. The predicted octanol–water partition coefficient (Wildman–Crippen LogP) is 6.23. The summed E-state index contributed by atoms with van der Waals surface area (Å²) in [6.07, 6.45) is 11.7. The molecule has 1 fully saturated rings. The molecule has 0 radical (unpaired) electrons. The molecule has 4 heterocycles. The Morgan fingerprint density at radius 3 is 2.47 bits per heavy atom. The summed E-state index contributed by atoms with van der Waals surface area (Å²) in [5, 5.41) is 28.0. The third-order valence-corrected chi connectivity index (χ3v) is 9.37. The number of rotatable bonds is 11. The van der Waals surface area contributed by atoms with E-state index in [0.717, 1.165) is 65.3 Å². The van der Waals surface area contributed by atoms with Crippen molar-refractivity contribution in [1.29, 1.82) is 5.26 Å². The largest absolute Gasteiger partial charge is 0.363 e. The van der Waals surface area contributed by atoms with Gasteiger partial charge < -0.3 is 10.6 Å². The van der Waals surface area contributed by atoms with Gasteiger partial charge in [-0.2, -0.15) is 15.5 Å². The number of aryl methyl sites for hydroxylation is 1. The molecule has 252 valence electrons. The maximum atomic E-state index is 13.8. The molecule has 1 aliphatic carbocycles. The van der Waals surface area contributed by atoms with Crippen molar-refractivity contribution in [3.05, 3.63) is 107 Å². The lowest BCUT2D eigenvalue weighted by Crippen LogP contribution is -2.35. The average Bonchev–Trinajstić information content (AvgIpc) is 3.78. The molecule has 1 unspecified atom stereocenters. The molecule has 49 heavy (non-hydrogen) atoms. The molecule has 5 aromatic rings. The number of nitrogens with one attached hydrogen (secondary N) is 3. The highest BCUT2D eigenvalue weighted by molar-refractivity contribution is 5.83. The van der Waals surface area contributed by atoms with Crippen LogP contribution in [-0.4, -0.2) is 40.8 Å². The van der Waals surface area contributed by atoms with Crippen LogP contribution in [0.4, 0.5) is 5.82 Å². The first-order valence-electron chi connectivity index (χ1n) is 17.0. The fourth-order valence-corrected chi connectivity index (χ4v) is 6.55. The average molecular weight is 657 g/mol. The minimum absolute atomic E-state index is 0.00645. The molecule has 1 aliphatic rings. The van der Waals surface area contributed by atoms with Crippen molar-refractivity contribution in [3.63, 3.8) is 0 Å². The Morgan fingerprint density at radius 2 is 1.82 bits per heavy atom. The van der Waals surface area contributed by atoms with E-state index < -0.39 is 0 Å². The van der Waals surface area contributed by atoms with Gasteiger partial charge in [-0.1, -0.05) is 57.2 Å². The van der Waals surface area contributed by atoms with Crippen LogP contribution in [0.25, 0.3) is 11.1 Å². The summed E-state index contributed by atoms with van der Waals surface area (Å²) >= 11 is 0. The summed E-state index contributed by atoms with van der Waals surface area (Å²) in [7, 11) is 1.89. The number of carbonyl (C=O) groups excluding carboxylic acids is 1. The summed E-state index contributed by atoms with van der Waals surface area (Å²) in [6.45, 7) is 7.32. The number of aromatic nitrogens is 7. The number of carbonyl (C=O) groups is 1. The van der Waals surface area contributed by atoms with E-state index in [1.165, 1.54) is 0 Å². The lowest BCUT2D eigenvalue weighted by molar-refractivity contribution is -0.124. The van der Waals surface area contributed by atoms with Crippen LogP contribution in [0.5, 0.6) is 0 Å². The summed E-state index contributed by atoms with van der Waals surface area (Å²) in [6, 6.07) is 18.3. The van der Waals surface area contributed by atoms with Gasteiger partial charge in [-0.3, -0.25) is 19.6 Å². The van der Waals surface area contributed by atoms with Gasteiger partial charge in [-0.15, -0.1) is 0 Å². The Hall–Kier alpha value is -5.37. The number of hydrogen-bond acceptors (Lipinski definition) is 8. The minimum Gasteiger partial charge on any atom is -0.363 e. The highest BCUT2D eigenvalue weighted by atomic mass is 16.1. The van der Waals surface area contributed by atoms with Crippen LogP contribution >= 0.6 is 0 Å². The van der Waals surface area contributed by atoms with Crippen LogP contribution < -0.4 is 10.6 Å². The van der Waals surface area contributed by atoms with E-state index in [-0.39, 0.29) is 23.2 Å². The van der Waals surface area contributed by atoms with Crippen LogP contribution in [0.3, 0.4) is 0 Å². The lowest BCUT2D eigenvalue weighted by Gasteiger charge is -2.33. The molecule has 0 bridgehead atoms. The predicted molar refractivity (Wildman–Crippen MR) is 188 cm³/mol. The second-order valence-corrected chi connectivity index (χ2v) is 14.1. The van der Waals surface area contributed by atoms with Crippen molar-refractivity contribution in [2.75, 3.05) is 5.32 Å². The highest BCUT2D eigenvalue weighted by Crippen LogP contribution is 2.39. The summed E-state index contributed by atoms with van der Waals surface area (Å²) in [4.78, 5) is 28.0. The maximum absolute atomic E-state index is 13.8. The molecular weight excluding hydrogens is 612 g/mol. The minimum atomic E-state index is -0.351. The number of amides is 1. The Balaban J connectivity index is 1.12. The third kappa shape index (κ3) is 8.38. The van der Waals surface area contributed by atoms with Crippen molar-refractivity contribution >= 4 is 11.7 Å². The molecule has 11 heteroatoms. The van der Waals surface area contributed by atoms with E-state index in [1.807, 2.05) is 74.2 Å². The van der Waals surface area contributed by atoms with Crippen LogP contribution in [0.1, 0.15) is 86.4 Å². The van der Waals surface area contributed by atoms with Crippen LogP contribution in [-0.2, 0) is 36.8 Å². The molecule has 11 nitrogen and oxygen atoms in total. The van der Waals surface area contributed by atoms with Crippen molar-refractivity contribution in [3.8, 4) is 17.2 Å². The molecule has 0 spiro atoms. The Kier molecular flexibility index (Phi) is 10.1. The second kappa shape index (κ2) is 14.8. The van der Waals surface area contributed by atoms with Gasteiger partial charge >= 0.3 is 0 Å². The molecule has 1 saturated carbocycles. The van der Waals surface area contributed by atoms with Gasteiger partial charge in [0.1, 0.15) is 23.3 Å². The number of benzene rings is 1. The number of pyridine rings is 1. The van der Waals surface area contributed by atoms with Gasteiger partial charge in [0.25, 0.3) is 0 Å². The van der Waals surface area contributed by atoms with E-state index in [9.17, 15) is 10.1 Å². The number of nitrogens with zero attached hydrogens (tertiary/aromatic N) is 7. The Morgan fingerprint density at radius 1 is 1.02 bits per heavy atom. The quantitative estimate of drug-likeness (QED) is 0.152. The topological polar surface area (TPSA) is 150 Å². The first-order valence-corrected chi connectivity index (χ1v) is 17.0. The van der Waals surface area contributed by atoms with Gasteiger partial charge in [0.05, 0.1) is 41.9 Å². The number of H-pyrrole nitrogens is 1. The molecule has 1 aromatic carbocycles. The van der Waals surface area contributed by atoms with E-state index in [1.54, 1.807) is 10.9 Å². The third-order valence-electron chi connectivity index (χ3n) is 9.37. The molecule has 0 aliphatic heterocycles. The second-order valence-electron chi connectivity index (χ2n) is 14.1. The van der Waals surface area contributed by atoms with Crippen molar-refractivity contribution in [1.82, 2.24) is 40.2 Å². The normalized spacial score (nSPS) is 16.9. The number of hydrogen-bond donors (Lipinski definition) is 3.